The van der Waals surface area contributed by atoms with Gasteiger partial charge in [-0.1, -0.05) is 13.3 Å². The van der Waals surface area contributed by atoms with Gasteiger partial charge in [0.1, 0.15) is 0 Å². The van der Waals surface area contributed by atoms with Gasteiger partial charge in [-0.15, -0.1) is 0 Å². The van der Waals surface area contributed by atoms with Gasteiger partial charge in [0.05, 0.1) is 5.56 Å². The standard InChI is InChI=1S/C14H17F3N2O2/c1-2-7-6-19(4-3-10(7)18)14(21)8-5-9(15)12(17)13(20)11(8)16/h5,7,10,20H,2-4,6,18H2,1H3. The Kier molecular flexibility index (Phi) is 4.41. The molecule has 1 heterocycles. The number of nitrogens with zero attached hydrogens (tertiary/aromatic N) is 1. The van der Waals surface area contributed by atoms with Crippen LogP contribution in [0.25, 0.3) is 0 Å². The Hall–Kier alpha value is -1.76. The SMILES string of the molecule is CCC1CN(C(=O)c2cc(F)c(F)c(O)c2F)CCC1N. The molecule has 2 unspecified atom stereocenters. The predicted octanol–water partition coefficient (Wildman–Crippen LogP) is 2.01. The van der Waals surface area contributed by atoms with Crippen LogP contribution in [0.3, 0.4) is 0 Å². The number of hydrogen-bond acceptors (Lipinski definition) is 3. The number of rotatable bonds is 2. The normalized spacial score (nSPS) is 22.4. The fourth-order valence-electron chi connectivity index (χ4n) is 2.58. The summed E-state index contributed by atoms with van der Waals surface area (Å²) in [5.41, 5.74) is 5.26. The summed E-state index contributed by atoms with van der Waals surface area (Å²) in [6.45, 7) is 2.58. The molecule has 1 amide bonds. The lowest BCUT2D eigenvalue weighted by atomic mass is 9.90. The number of hydrogen-bond donors (Lipinski definition) is 2. The van der Waals surface area contributed by atoms with Crippen molar-refractivity contribution in [2.45, 2.75) is 25.8 Å². The van der Waals surface area contributed by atoms with E-state index in [4.69, 9.17) is 5.73 Å². The number of carbonyl (C=O) groups is 1. The van der Waals surface area contributed by atoms with Crippen molar-refractivity contribution in [3.05, 3.63) is 29.1 Å². The molecule has 1 saturated heterocycles. The van der Waals surface area contributed by atoms with E-state index in [0.717, 1.165) is 6.42 Å². The second kappa shape index (κ2) is 5.93. The van der Waals surface area contributed by atoms with E-state index in [1.54, 1.807) is 0 Å². The number of phenolic OH excluding ortho intramolecular Hbond substituents is 1. The number of amides is 1. The first-order valence-corrected chi connectivity index (χ1v) is 6.78. The topological polar surface area (TPSA) is 66.6 Å². The van der Waals surface area contributed by atoms with E-state index in [-0.39, 0.29) is 12.0 Å². The fraction of sp³-hybridized carbons (Fsp3) is 0.500. The molecule has 3 N–H and O–H groups in total. The van der Waals surface area contributed by atoms with Crippen molar-refractivity contribution in [1.82, 2.24) is 4.90 Å². The molecule has 1 aromatic rings. The summed E-state index contributed by atoms with van der Waals surface area (Å²) in [7, 11) is 0. The van der Waals surface area contributed by atoms with Crippen molar-refractivity contribution >= 4 is 5.91 Å². The van der Waals surface area contributed by atoms with Gasteiger partial charge >= 0.3 is 0 Å². The van der Waals surface area contributed by atoms with Gasteiger partial charge in [-0.05, 0) is 18.4 Å². The first-order chi connectivity index (χ1) is 9.86. The highest BCUT2D eigenvalue weighted by Gasteiger charge is 2.31. The van der Waals surface area contributed by atoms with Gasteiger partial charge in [0.15, 0.2) is 17.4 Å². The van der Waals surface area contributed by atoms with Crippen LogP contribution < -0.4 is 5.73 Å². The van der Waals surface area contributed by atoms with Crippen LogP contribution in [-0.2, 0) is 0 Å². The second-order valence-electron chi connectivity index (χ2n) is 5.25. The molecule has 1 aliphatic rings. The summed E-state index contributed by atoms with van der Waals surface area (Å²) in [6.07, 6.45) is 1.32. The number of halogens is 3. The van der Waals surface area contributed by atoms with Crippen molar-refractivity contribution in [3.63, 3.8) is 0 Å². The summed E-state index contributed by atoms with van der Waals surface area (Å²) in [5.74, 6) is -6.77. The van der Waals surface area contributed by atoms with Crippen LogP contribution in [-0.4, -0.2) is 35.0 Å². The lowest BCUT2D eigenvalue weighted by molar-refractivity contribution is 0.0642. The van der Waals surface area contributed by atoms with Crippen molar-refractivity contribution in [3.8, 4) is 5.75 Å². The highest BCUT2D eigenvalue weighted by atomic mass is 19.2. The van der Waals surface area contributed by atoms with Crippen LogP contribution in [0.1, 0.15) is 30.1 Å². The Morgan fingerprint density at radius 1 is 1.43 bits per heavy atom. The zero-order valence-corrected chi connectivity index (χ0v) is 11.6. The van der Waals surface area contributed by atoms with Crippen LogP contribution in [0.2, 0.25) is 0 Å². The summed E-state index contributed by atoms with van der Waals surface area (Å²) < 4.78 is 40.1. The number of nitrogens with two attached hydrogens (primary N) is 1. The molecule has 1 aromatic carbocycles. The minimum atomic E-state index is -1.70. The van der Waals surface area contributed by atoms with E-state index in [9.17, 15) is 23.1 Å². The molecule has 0 aliphatic carbocycles. The van der Waals surface area contributed by atoms with E-state index in [2.05, 4.69) is 0 Å². The molecular formula is C14H17F3N2O2. The summed E-state index contributed by atoms with van der Waals surface area (Å²) >= 11 is 0. The highest BCUT2D eigenvalue weighted by Crippen LogP contribution is 2.28. The van der Waals surface area contributed by atoms with Gasteiger partial charge in [-0.2, -0.15) is 4.39 Å². The fourth-order valence-corrected chi connectivity index (χ4v) is 2.58. The molecule has 0 bridgehead atoms. The third kappa shape index (κ3) is 2.83. The molecule has 116 valence electrons. The Bertz CT molecular complexity index is 566. The number of phenols is 1. The van der Waals surface area contributed by atoms with Crippen molar-refractivity contribution in [1.29, 1.82) is 0 Å². The lowest BCUT2D eigenvalue weighted by Gasteiger charge is -2.36. The number of piperidine rings is 1. The number of likely N-dealkylation sites (tertiary alicyclic amines) is 1. The van der Waals surface area contributed by atoms with E-state index < -0.39 is 34.7 Å². The molecule has 0 saturated carbocycles. The van der Waals surface area contributed by atoms with Crippen LogP contribution in [0.15, 0.2) is 6.07 Å². The third-order valence-electron chi connectivity index (χ3n) is 3.97. The van der Waals surface area contributed by atoms with Crippen molar-refractivity contribution in [2.75, 3.05) is 13.1 Å². The molecule has 0 radical (unpaired) electrons. The average Bonchev–Trinajstić information content (AvgIpc) is 2.48. The molecular weight excluding hydrogens is 285 g/mol. The Morgan fingerprint density at radius 3 is 2.71 bits per heavy atom. The zero-order valence-electron chi connectivity index (χ0n) is 11.6. The zero-order chi connectivity index (χ0) is 15.7. The summed E-state index contributed by atoms with van der Waals surface area (Å²) in [5, 5.41) is 9.17. The molecule has 21 heavy (non-hydrogen) atoms. The Labute approximate surface area is 120 Å². The molecule has 2 rings (SSSR count). The summed E-state index contributed by atoms with van der Waals surface area (Å²) in [4.78, 5) is 13.6. The smallest absolute Gasteiger partial charge is 0.257 e. The average molecular weight is 302 g/mol. The number of carbonyl (C=O) groups excluding carboxylic acids is 1. The largest absolute Gasteiger partial charge is 0.503 e. The highest BCUT2D eigenvalue weighted by molar-refractivity contribution is 5.95. The van der Waals surface area contributed by atoms with Gasteiger partial charge in [0.25, 0.3) is 5.91 Å². The van der Waals surface area contributed by atoms with Gasteiger partial charge in [0.2, 0.25) is 5.82 Å². The molecule has 0 spiro atoms. The van der Waals surface area contributed by atoms with Gasteiger partial charge < -0.3 is 15.7 Å². The van der Waals surface area contributed by atoms with Crippen LogP contribution >= 0.6 is 0 Å². The van der Waals surface area contributed by atoms with Crippen LogP contribution in [0.4, 0.5) is 13.2 Å². The molecule has 4 nitrogen and oxygen atoms in total. The van der Waals surface area contributed by atoms with Crippen molar-refractivity contribution < 1.29 is 23.1 Å². The van der Waals surface area contributed by atoms with E-state index >= 15 is 0 Å². The second-order valence-corrected chi connectivity index (χ2v) is 5.25. The van der Waals surface area contributed by atoms with Crippen LogP contribution in [0, 0.1) is 23.4 Å². The lowest BCUT2D eigenvalue weighted by Crippen LogP contribution is -2.49. The minimum Gasteiger partial charge on any atom is -0.503 e. The first kappa shape index (κ1) is 15.6. The molecule has 1 fully saturated rings. The van der Waals surface area contributed by atoms with Gasteiger partial charge in [-0.25, -0.2) is 8.78 Å². The molecule has 0 aromatic heterocycles. The van der Waals surface area contributed by atoms with Crippen LogP contribution in [0.5, 0.6) is 5.75 Å². The minimum absolute atomic E-state index is 0.0396. The maximum Gasteiger partial charge on any atom is 0.257 e. The van der Waals surface area contributed by atoms with Gasteiger partial charge in [-0.3, -0.25) is 4.79 Å². The monoisotopic (exact) mass is 302 g/mol. The number of benzene rings is 1. The summed E-state index contributed by atoms with van der Waals surface area (Å²) in [6, 6.07) is 0.435. The maximum absolute atomic E-state index is 13.8. The third-order valence-corrected chi connectivity index (χ3v) is 3.97. The van der Waals surface area contributed by atoms with E-state index in [0.29, 0.717) is 25.6 Å². The van der Waals surface area contributed by atoms with E-state index in [1.165, 1.54) is 4.90 Å². The molecule has 1 aliphatic heterocycles. The first-order valence-electron chi connectivity index (χ1n) is 6.78. The van der Waals surface area contributed by atoms with Gasteiger partial charge in [0, 0.05) is 19.1 Å². The van der Waals surface area contributed by atoms with Crippen molar-refractivity contribution in [2.24, 2.45) is 11.7 Å². The number of aromatic hydroxyl groups is 1. The molecule has 7 heteroatoms. The Balaban J connectivity index is 2.29. The Morgan fingerprint density at radius 2 is 2.10 bits per heavy atom. The predicted molar refractivity (Wildman–Crippen MR) is 70.3 cm³/mol. The maximum atomic E-state index is 13.8. The van der Waals surface area contributed by atoms with E-state index in [1.807, 2.05) is 6.92 Å². The molecule has 2 atom stereocenters. The quantitative estimate of drug-likeness (QED) is 0.821.